The van der Waals surface area contributed by atoms with E-state index in [4.69, 9.17) is 5.73 Å². The zero-order valence-electron chi connectivity index (χ0n) is 8.71. The molecule has 0 aliphatic heterocycles. The minimum absolute atomic E-state index is 0.536. The first-order valence-electron chi connectivity index (χ1n) is 4.75. The smallest absolute Gasteiger partial charge is 0.316 e. The molecule has 0 atom stereocenters. The molecule has 0 spiro atoms. The summed E-state index contributed by atoms with van der Waals surface area (Å²) in [6.45, 7) is 0. The zero-order chi connectivity index (χ0) is 11.6. The maximum Gasteiger partial charge on any atom is 0.316 e. The number of nitrogens with one attached hydrogen (secondary N) is 1. The second-order valence-electron chi connectivity index (χ2n) is 2.88. The highest BCUT2D eigenvalue weighted by Gasteiger charge is 1.90. The van der Waals surface area contributed by atoms with E-state index in [1.807, 2.05) is 36.4 Å². The van der Waals surface area contributed by atoms with E-state index in [1.54, 1.807) is 24.5 Å². The van der Waals surface area contributed by atoms with E-state index in [0.29, 0.717) is 0 Å². The maximum atomic E-state index is 10.3. The summed E-state index contributed by atoms with van der Waals surface area (Å²) in [5.41, 5.74) is 5.59. The van der Waals surface area contributed by atoms with E-state index in [-0.39, 0.29) is 0 Å². The van der Waals surface area contributed by atoms with Crippen molar-refractivity contribution < 1.29 is 4.79 Å². The number of carbonyl (C=O) groups excluding carboxylic acids is 1. The van der Waals surface area contributed by atoms with Crippen molar-refractivity contribution in [2.45, 2.75) is 0 Å². The molecule has 0 aliphatic rings. The van der Waals surface area contributed by atoms with Crippen molar-refractivity contribution in [1.82, 2.24) is 4.98 Å². The Kier molecular flexibility index (Phi) is 5.13. The largest absolute Gasteiger partial charge is 0.351 e. The Morgan fingerprint density at radius 2 is 1.56 bits per heavy atom. The first-order valence-corrected chi connectivity index (χ1v) is 4.75. The fourth-order valence-corrected chi connectivity index (χ4v) is 0.976. The monoisotopic (exact) mass is 215 g/mol. The molecule has 0 aliphatic carbocycles. The number of rotatable bonds is 1. The van der Waals surface area contributed by atoms with E-state index in [0.717, 1.165) is 5.69 Å². The minimum Gasteiger partial charge on any atom is -0.351 e. The average molecular weight is 215 g/mol. The van der Waals surface area contributed by atoms with Crippen molar-refractivity contribution in [1.29, 1.82) is 0 Å². The Morgan fingerprint density at radius 1 is 1.00 bits per heavy atom. The van der Waals surface area contributed by atoms with Crippen LogP contribution < -0.4 is 11.1 Å². The summed E-state index contributed by atoms with van der Waals surface area (Å²) >= 11 is 0. The van der Waals surface area contributed by atoms with E-state index in [9.17, 15) is 4.79 Å². The number of primary amides is 1. The van der Waals surface area contributed by atoms with Gasteiger partial charge in [-0.25, -0.2) is 4.79 Å². The van der Waals surface area contributed by atoms with Gasteiger partial charge >= 0.3 is 6.03 Å². The van der Waals surface area contributed by atoms with Gasteiger partial charge in [0.25, 0.3) is 0 Å². The van der Waals surface area contributed by atoms with Crippen LogP contribution in [0.1, 0.15) is 0 Å². The number of amides is 2. The van der Waals surface area contributed by atoms with Crippen LogP contribution in [0.3, 0.4) is 0 Å². The van der Waals surface area contributed by atoms with E-state index in [2.05, 4.69) is 10.3 Å². The molecule has 2 aromatic rings. The van der Waals surface area contributed by atoms with Crippen LogP contribution in [-0.4, -0.2) is 11.0 Å². The van der Waals surface area contributed by atoms with Crippen LogP contribution in [0, 0.1) is 0 Å². The number of nitrogens with zero attached hydrogens (tertiary/aromatic N) is 1. The molecule has 2 amide bonds. The van der Waals surface area contributed by atoms with Crippen LogP contribution in [0.4, 0.5) is 10.5 Å². The average Bonchev–Trinajstić information content (AvgIpc) is 2.32. The van der Waals surface area contributed by atoms with E-state index >= 15 is 0 Å². The predicted molar refractivity (Wildman–Crippen MR) is 63.9 cm³/mol. The second kappa shape index (κ2) is 7.00. The minimum atomic E-state index is -0.536. The van der Waals surface area contributed by atoms with Crippen molar-refractivity contribution in [2.24, 2.45) is 5.73 Å². The molecule has 0 unspecified atom stereocenters. The summed E-state index contributed by atoms with van der Waals surface area (Å²) in [7, 11) is 0. The van der Waals surface area contributed by atoms with Gasteiger partial charge in [-0.2, -0.15) is 0 Å². The molecular formula is C12H13N3O. The van der Waals surface area contributed by atoms with Gasteiger partial charge in [-0.3, -0.25) is 4.98 Å². The second-order valence-corrected chi connectivity index (χ2v) is 2.88. The summed E-state index contributed by atoms with van der Waals surface area (Å²) < 4.78 is 0. The Hall–Kier alpha value is -2.36. The van der Waals surface area contributed by atoms with Gasteiger partial charge in [-0.05, 0) is 24.3 Å². The number of pyridine rings is 1. The summed E-state index contributed by atoms with van der Waals surface area (Å²) in [4.78, 5) is 14.1. The summed E-state index contributed by atoms with van der Waals surface area (Å²) in [6.07, 6.45) is 3.50. The first-order chi connectivity index (χ1) is 7.79. The Morgan fingerprint density at radius 3 is 1.94 bits per heavy atom. The molecule has 0 fully saturated rings. The van der Waals surface area contributed by atoms with Gasteiger partial charge in [0.15, 0.2) is 0 Å². The highest BCUT2D eigenvalue weighted by atomic mass is 16.2. The van der Waals surface area contributed by atoms with Gasteiger partial charge in [0.2, 0.25) is 0 Å². The Balaban J connectivity index is 0.000000181. The summed E-state index contributed by atoms with van der Waals surface area (Å²) in [5.74, 6) is 0. The van der Waals surface area contributed by atoms with Crippen LogP contribution in [0.5, 0.6) is 0 Å². The van der Waals surface area contributed by atoms with Crippen LogP contribution in [0.15, 0.2) is 60.9 Å². The lowest BCUT2D eigenvalue weighted by Gasteiger charge is -1.97. The standard InChI is InChI=1S/C7H8N2O.C5H5N/c8-7(10)9-6-4-2-1-3-5-6;1-2-4-6-5-3-1/h1-5H,(H3,8,9,10);1-5H. The van der Waals surface area contributed by atoms with Crippen LogP contribution in [0.25, 0.3) is 0 Å². The van der Waals surface area contributed by atoms with Gasteiger partial charge in [0.1, 0.15) is 0 Å². The first kappa shape index (κ1) is 11.7. The lowest BCUT2D eigenvalue weighted by atomic mass is 10.3. The highest BCUT2D eigenvalue weighted by molar-refractivity contribution is 5.87. The number of anilines is 1. The molecule has 1 aromatic carbocycles. The van der Waals surface area contributed by atoms with Gasteiger partial charge in [0, 0.05) is 18.1 Å². The number of para-hydroxylation sites is 1. The summed E-state index contributed by atoms with van der Waals surface area (Å²) in [6, 6.07) is 14.2. The molecule has 4 heteroatoms. The number of carbonyl (C=O) groups is 1. The van der Waals surface area contributed by atoms with Gasteiger partial charge < -0.3 is 11.1 Å². The van der Waals surface area contributed by atoms with Crippen molar-refractivity contribution in [2.75, 3.05) is 5.32 Å². The van der Waals surface area contributed by atoms with Crippen LogP contribution in [-0.2, 0) is 0 Å². The zero-order valence-corrected chi connectivity index (χ0v) is 8.71. The third-order valence-electron chi connectivity index (χ3n) is 1.61. The molecule has 0 radical (unpaired) electrons. The molecule has 2 rings (SSSR count). The number of hydrogen-bond acceptors (Lipinski definition) is 2. The van der Waals surface area contributed by atoms with Gasteiger partial charge in [-0.15, -0.1) is 0 Å². The molecule has 4 nitrogen and oxygen atoms in total. The van der Waals surface area contributed by atoms with Gasteiger partial charge in [-0.1, -0.05) is 24.3 Å². The normalized spacial score (nSPS) is 8.50. The number of nitrogens with two attached hydrogens (primary N) is 1. The topological polar surface area (TPSA) is 68.0 Å². The molecule has 0 saturated carbocycles. The number of aromatic nitrogens is 1. The number of hydrogen-bond donors (Lipinski definition) is 2. The highest BCUT2D eigenvalue weighted by Crippen LogP contribution is 2.03. The molecule has 16 heavy (non-hydrogen) atoms. The SMILES string of the molecule is NC(=O)Nc1ccccc1.c1ccncc1. The predicted octanol–water partition coefficient (Wildman–Crippen LogP) is 2.26. The lowest BCUT2D eigenvalue weighted by Crippen LogP contribution is -2.18. The molecule has 1 heterocycles. The van der Waals surface area contributed by atoms with E-state index in [1.165, 1.54) is 0 Å². The molecule has 0 bridgehead atoms. The van der Waals surface area contributed by atoms with Crippen molar-refractivity contribution >= 4 is 11.7 Å². The molecule has 82 valence electrons. The summed E-state index contributed by atoms with van der Waals surface area (Å²) in [5, 5.41) is 2.44. The van der Waals surface area contributed by atoms with Crippen LogP contribution >= 0.6 is 0 Å². The fraction of sp³-hybridized carbons (Fsp3) is 0. The lowest BCUT2D eigenvalue weighted by molar-refractivity contribution is 0.259. The Labute approximate surface area is 94.1 Å². The molecular weight excluding hydrogens is 202 g/mol. The molecule has 3 N–H and O–H groups in total. The van der Waals surface area contributed by atoms with Crippen molar-refractivity contribution in [3.05, 3.63) is 60.9 Å². The number of benzene rings is 1. The van der Waals surface area contributed by atoms with Crippen molar-refractivity contribution in [3.8, 4) is 0 Å². The number of urea groups is 1. The fourth-order valence-electron chi connectivity index (χ4n) is 0.976. The third-order valence-corrected chi connectivity index (χ3v) is 1.61. The van der Waals surface area contributed by atoms with E-state index < -0.39 is 6.03 Å². The quantitative estimate of drug-likeness (QED) is 0.766. The van der Waals surface area contributed by atoms with Gasteiger partial charge in [0.05, 0.1) is 0 Å². The molecule has 0 saturated heterocycles. The molecule has 1 aromatic heterocycles. The van der Waals surface area contributed by atoms with Crippen molar-refractivity contribution in [3.63, 3.8) is 0 Å². The third kappa shape index (κ3) is 5.39. The Bertz CT molecular complexity index is 376. The van der Waals surface area contributed by atoms with Crippen LogP contribution in [0.2, 0.25) is 0 Å². The maximum absolute atomic E-state index is 10.3.